The number of amides is 1. The van der Waals surface area contributed by atoms with Crippen molar-refractivity contribution in [2.75, 3.05) is 11.1 Å². The number of nitriles is 1. The molecule has 1 aliphatic rings. The second kappa shape index (κ2) is 10.8. The fourth-order valence-corrected chi connectivity index (χ4v) is 4.21. The number of hydrogen-bond acceptors (Lipinski definition) is 4. The summed E-state index contributed by atoms with van der Waals surface area (Å²) in [4.78, 5) is 13.4. The Morgan fingerprint density at radius 1 is 1.18 bits per heavy atom. The number of benzene rings is 2. The molecule has 146 valence electrons. The third-order valence-corrected chi connectivity index (χ3v) is 5.85. The smallest absolute Gasteiger partial charge is 0.224 e. The van der Waals surface area contributed by atoms with Crippen LogP contribution in [0.2, 0.25) is 0 Å². The molecule has 3 rings (SSSR count). The van der Waals surface area contributed by atoms with Crippen molar-refractivity contribution >= 4 is 23.4 Å². The Kier molecular flexibility index (Phi) is 7.81. The maximum absolute atomic E-state index is 12.4. The zero-order valence-electron chi connectivity index (χ0n) is 16.0. The fourth-order valence-electron chi connectivity index (χ4n) is 3.35. The Morgan fingerprint density at radius 3 is 2.82 bits per heavy atom. The molecule has 0 bridgehead atoms. The molecule has 0 saturated heterocycles. The van der Waals surface area contributed by atoms with Gasteiger partial charge in [0.25, 0.3) is 0 Å². The molecule has 1 aliphatic carbocycles. The number of nitrogens with one attached hydrogen (secondary N) is 1. The monoisotopic (exact) mass is 394 g/mol. The van der Waals surface area contributed by atoms with Gasteiger partial charge in [-0.3, -0.25) is 4.79 Å². The molecule has 2 aromatic carbocycles. The molecule has 4 nitrogen and oxygen atoms in total. The zero-order chi connectivity index (χ0) is 19.6. The third kappa shape index (κ3) is 6.31. The van der Waals surface area contributed by atoms with E-state index < -0.39 is 0 Å². The minimum atomic E-state index is -0.00422. The first-order chi connectivity index (χ1) is 13.7. The molecule has 0 spiro atoms. The number of thioether (sulfide) groups is 1. The molecule has 1 N–H and O–H groups in total. The molecule has 28 heavy (non-hydrogen) atoms. The van der Waals surface area contributed by atoms with Crippen LogP contribution in [0.5, 0.6) is 5.75 Å². The quantitative estimate of drug-likeness (QED) is 0.445. The molecule has 5 heteroatoms. The lowest BCUT2D eigenvalue weighted by molar-refractivity contribution is -0.116. The van der Waals surface area contributed by atoms with Crippen LogP contribution in [0.3, 0.4) is 0 Å². The van der Waals surface area contributed by atoms with Gasteiger partial charge in [-0.05, 0) is 61.9 Å². The van der Waals surface area contributed by atoms with Crippen LogP contribution < -0.4 is 10.1 Å². The molecule has 2 aromatic rings. The maximum Gasteiger partial charge on any atom is 0.224 e. The van der Waals surface area contributed by atoms with Gasteiger partial charge in [0, 0.05) is 23.5 Å². The van der Waals surface area contributed by atoms with Crippen LogP contribution in [-0.2, 0) is 11.2 Å². The van der Waals surface area contributed by atoms with Gasteiger partial charge in [-0.2, -0.15) is 5.26 Å². The fraction of sp³-hybridized carbons (Fsp3) is 0.391. The lowest BCUT2D eigenvalue weighted by Crippen LogP contribution is -2.13. The average molecular weight is 395 g/mol. The summed E-state index contributed by atoms with van der Waals surface area (Å²) in [5, 5.41) is 11.7. The van der Waals surface area contributed by atoms with Gasteiger partial charge in [0.2, 0.25) is 5.91 Å². The normalized spacial score (nSPS) is 13.8. The first-order valence-corrected chi connectivity index (χ1v) is 10.9. The van der Waals surface area contributed by atoms with Crippen LogP contribution >= 0.6 is 11.8 Å². The van der Waals surface area contributed by atoms with Crippen molar-refractivity contribution in [1.82, 2.24) is 0 Å². The summed E-state index contributed by atoms with van der Waals surface area (Å²) in [6, 6.07) is 18.0. The number of anilines is 1. The summed E-state index contributed by atoms with van der Waals surface area (Å²) in [6.45, 7) is 0. The highest BCUT2D eigenvalue weighted by Gasteiger charge is 2.16. The highest BCUT2D eigenvalue weighted by Crippen LogP contribution is 2.28. The Hall–Kier alpha value is -2.45. The summed E-state index contributed by atoms with van der Waals surface area (Å²) >= 11 is 1.59. The van der Waals surface area contributed by atoms with Crippen molar-refractivity contribution in [2.45, 2.75) is 55.9 Å². The molecule has 1 saturated carbocycles. The molecular weight excluding hydrogens is 368 g/mol. The average Bonchev–Trinajstić information content (AvgIpc) is 3.21. The Balaban J connectivity index is 1.51. The number of ether oxygens (including phenoxy) is 1. The van der Waals surface area contributed by atoms with Crippen molar-refractivity contribution in [3.05, 3.63) is 54.1 Å². The van der Waals surface area contributed by atoms with E-state index in [2.05, 4.69) is 17.5 Å². The number of rotatable bonds is 9. The standard InChI is InChI=1S/C23H26N2O2S/c24-15-6-16-28-22-12-4-3-11-21(22)25-23(26)14-13-18-7-5-10-20(17-18)27-19-8-1-2-9-19/h3-5,7,10-12,17,19H,1-2,6,8-9,13-14,16H2,(H,25,26). The first kappa shape index (κ1) is 20.3. The van der Waals surface area contributed by atoms with Gasteiger partial charge in [0.15, 0.2) is 0 Å². The Morgan fingerprint density at radius 2 is 2.00 bits per heavy atom. The molecular formula is C23H26N2O2S. The van der Waals surface area contributed by atoms with Crippen LogP contribution in [0.25, 0.3) is 0 Å². The van der Waals surface area contributed by atoms with Crippen molar-refractivity contribution in [3.63, 3.8) is 0 Å². The van der Waals surface area contributed by atoms with E-state index >= 15 is 0 Å². The topological polar surface area (TPSA) is 62.1 Å². The minimum absolute atomic E-state index is 0.00422. The van der Waals surface area contributed by atoms with E-state index in [1.54, 1.807) is 11.8 Å². The van der Waals surface area contributed by atoms with Gasteiger partial charge in [-0.25, -0.2) is 0 Å². The second-order valence-corrected chi connectivity index (χ2v) is 8.11. The van der Waals surface area contributed by atoms with Gasteiger partial charge in [-0.15, -0.1) is 11.8 Å². The molecule has 0 atom stereocenters. The number of para-hydroxylation sites is 1. The van der Waals surface area contributed by atoms with Crippen LogP contribution in [0.4, 0.5) is 5.69 Å². The molecule has 0 unspecified atom stereocenters. The number of carbonyl (C=O) groups is 1. The largest absolute Gasteiger partial charge is 0.490 e. The first-order valence-electron chi connectivity index (χ1n) is 9.89. The van der Waals surface area contributed by atoms with Crippen molar-refractivity contribution < 1.29 is 9.53 Å². The van der Waals surface area contributed by atoms with E-state index in [-0.39, 0.29) is 5.91 Å². The molecule has 0 heterocycles. The summed E-state index contributed by atoms with van der Waals surface area (Å²) in [5.41, 5.74) is 1.93. The van der Waals surface area contributed by atoms with E-state index in [1.807, 2.05) is 42.5 Å². The van der Waals surface area contributed by atoms with E-state index in [4.69, 9.17) is 10.00 Å². The van der Waals surface area contributed by atoms with E-state index in [0.717, 1.165) is 40.5 Å². The molecule has 0 aliphatic heterocycles. The Labute approximate surface area is 171 Å². The van der Waals surface area contributed by atoms with Crippen LogP contribution in [-0.4, -0.2) is 17.8 Å². The van der Waals surface area contributed by atoms with E-state index in [9.17, 15) is 4.79 Å². The van der Waals surface area contributed by atoms with Crippen LogP contribution in [0, 0.1) is 11.3 Å². The van der Waals surface area contributed by atoms with Crippen molar-refractivity contribution in [2.24, 2.45) is 0 Å². The maximum atomic E-state index is 12.4. The van der Waals surface area contributed by atoms with Gasteiger partial charge in [-0.1, -0.05) is 24.3 Å². The molecule has 0 aromatic heterocycles. The number of hydrogen-bond donors (Lipinski definition) is 1. The van der Waals surface area contributed by atoms with Gasteiger partial charge >= 0.3 is 0 Å². The zero-order valence-corrected chi connectivity index (χ0v) is 16.8. The predicted molar refractivity (Wildman–Crippen MR) is 114 cm³/mol. The summed E-state index contributed by atoms with van der Waals surface area (Å²) in [6.07, 6.45) is 6.71. The number of nitrogens with zero attached hydrogens (tertiary/aromatic N) is 1. The van der Waals surface area contributed by atoms with Gasteiger partial charge < -0.3 is 10.1 Å². The summed E-state index contributed by atoms with van der Waals surface area (Å²) < 4.78 is 6.05. The van der Waals surface area contributed by atoms with Crippen LogP contribution in [0.15, 0.2) is 53.4 Å². The van der Waals surface area contributed by atoms with Gasteiger partial charge in [0.1, 0.15) is 5.75 Å². The van der Waals surface area contributed by atoms with Gasteiger partial charge in [0.05, 0.1) is 17.9 Å². The summed E-state index contributed by atoms with van der Waals surface area (Å²) in [5.74, 6) is 1.62. The van der Waals surface area contributed by atoms with Crippen molar-refractivity contribution in [1.29, 1.82) is 5.26 Å². The minimum Gasteiger partial charge on any atom is -0.490 e. The van der Waals surface area contributed by atoms with Crippen molar-refractivity contribution in [3.8, 4) is 11.8 Å². The number of aryl methyl sites for hydroxylation is 1. The molecule has 1 fully saturated rings. The SMILES string of the molecule is N#CCCSc1ccccc1NC(=O)CCc1cccc(OC2CCCC2)c1. The molecule has 0 radical (unpaired) electrons. The Bertz CT molecular complexity index is 825. The van der Waals surface area contributed by atoms with Crippen LogP contribution in [0.1, 0.15) is 44.1 Å². The van der Waals surface area contributed by atoms with E-state index in [0.29, 0.717) is 25.4 Å². The van der Waals surface area contributed by atoms with E-state index in [1.165, 1.54) is 12.8 Å². The molecule has 1 amide bonds. The third-order valence-electron chi connectivity index (χ3n) is 4.78. The summed E-state index contributed by atoms with van der Waals surface area (Å²) in [7, 11) is 0. The highest BCUT2D eigenvalue weighted by molar-refractivity contribution is 7.99. The predicted octanol–water partition coefficient (Wildman–Crippen LogP) is 5.59. The lowest BCUT2D eigenvalue weighted by Gasteiger charge is -2.14. The number of carbonyl (C=O) groups excluding carboxylic acids is 1. The second-order valence-electron chi connectivity index (χ2n) is 6.97. The lowest BCUT2D eigenvalue weighted by atomic mass is 10.1. The highest BCUT2D eigenvalue weighted by atomic mass is 32.2.